The van der Waals surface area contributed by atoms with Crippen LogP contribution in [0.2, 0.25) is 0 Å². The fraction of sp³-hybridized carbons (Fsp3) is 0.0800. The van der Waals surface area contributed by atoms with Crippen LogP contribution in [-0.4, -0.2) is 36.5 Å². The molecule has 0 aliphatic carbocycles. The van der Waals surface area contributed by atoms with Crippen molar-refractivity contribution in [2.24, 2.45) is 5.10 Å². The summed E-state index contributed by atoms with van der Waals surface area (Å²) in [5.41, 5.74) is 7.42. The van der Waals surface area contributed by atoms with E-state index in [1.54, 1.807) is 32.4 Å². The number of nitrogens with zero attached hydrogens (tertiary/aromatic N) is 2. The van der Waals surface area contributed by atoms with Crippen LogP contribution in [0.15, 0.2) is 84.0 Å². The standard InChI is InChI=1S/C25H22N4O3/c1-31-23-13-8-17(14-24(23)32-2)16-26-29-25(30)22-15-21(27-28-22)20-11-9-19(10-12-20)18-6-4-3-5-7-18/h3-16H,1-2H3,(H,27,28)(H,29,30)/b26-16-. The van der Waals surface area contributed by atoms with Gasteiger partial charge in [0, 0.05) is 5.56 Å². The van der Waals surface area contributed by atoms with Crippen LogP contribution in [0, 0.1) is 0 Å². The van der Waals surface area contributed by atoms with Crippen LogP contribution in [0.3, 0.4) is 0 Å². The molecule has 7 heteroatoms. The number of aromatic amines is 1. The highest BCUT2D eigenvalue weighted by Gasteiger charge is 2.11. The quantitative estimate of drug-likeness (QED) is 0.336. The van der Waals surface area contributed by atoms with E-state index in [2.05, 4.69) is 32.9 Å². The first-order chi connectivity index (χ1) is 15.7. The van der Waals surface area contributed by atoms with E-state index in [-0.39, 0.29) is 5.91 Å². The number of rotatable bonds is 7. The Morgan fingerprint density at radius 1 is 0.875 bits per heavy atom. The largest absolute Gasteiger partial charge is 0.493 e. The van der Waals surface area contributed by atoms with E-state index in [0.29, 0.717) is 22.9 Å². The van der Waals surface area contributed by atoms with E-state index in [1.165, 1.54) is 6.21 Å². The maximum absolute atomic E-state index is 12.4. The van der Waals surface area contributed by atoms with E-state index in [4.69, 9.17) is 9.47 Å². The zero-order valence-corrected chi connectivity index (χ0v) is 17.7. The average molecular weight is 426 g/mol. The van der Waals surface area contributed by atoms with Gasteiger partial charge in [-0.05, 0) is 41.0 Å². The minimum absolute atomic E-state index is 0.316. The minimum Gasteiger partial charge on any atom is -0.493 e. The van der Waals surface area contributed by atoms with Crippen LogP contribution in [0.25, 0.3) is 22.4 Å². The monoisotopic (exact) mass is 426 g/mol. The lowest BCUT2D eigenvalue weighted by molar-refractivity contribution is 0.0950. The number of hydrogen-bond donors (Lipinski definition) is 2. The molecule has 0 aliphatic heterocycles. The molecule has 1 aromatic heterocycles. The van der Waals surface area contributed by atoms with Gasteiger partial charge in [-0.3, -0.25) is 9.89 Å². The van der Waals surface area contributed by atoms with E-state index in [1.807, 2.05) is 48.5 Å². The van der Waals surface area contributed by atoms with Crippen molar-refractivity contribution in [3.63, 3.8) is 0 Å². The molecular formula is C25H22N4O3. The van der Waals surface area contributed by atoms with Crippen molar-refractivity contribution in [3.05, 3.63) is 90.1 Å². The maximum atomic E-state index is 12.4. The second-order valence-electron chi connectivity index (χ2n) is 6.92. The SMILES string of the molecule is COc1ccc(/C=N\NC(=O)c2cc(-c3ccc(-c4ccccc4)cc3)n[nH]2)cc1OC. The fourth-order valence-corrected chi connectivity index (χ4v) is 3.21. The molecule has 0 bridgehead atoms. The maximum Gasteiger partial charge on any atom is 0.289 e. The normalized spacial score (nSPS) is 10.8. The van der Waals surface area contributed by atoms with Crippen molar-refractivity contribution in [2.75, 3.05) is 14.2 Å². The molecule has 0 fully saturated rings. The van der Waals surface area contributed by atoms with Crippen LogP contribution in [0.4, 0.5) is 0 Å². The Morgan fingerprint density at radius 3 is 2.28 bits per heavy atom. The van der Waals surface area contributed by atoms with E-state index >= 15 is 0 Å². The van der Waals surface area contributed by atoms with Crippen molar-refractivity contribution < 1.29 is 14.3 Å². The van der Waals surface area contributed by atoms with E-state index in [9.17, 15) is 4.79 Å². The number of nitrogens with one attached hydrogen (secondary N) is 2. The number of benzene rings is 3. The molecule has 7 nitrogen and oxygen atoms in total. The number of H-pyrrole nitrogens is 1. The van der Waals surface area contributed by atoms with Gasteiger partial charge in [-0.15, -0.1) is 0 Å². The van der Waals surface area contributed by atoms with Gasteiger partial charge in [0.2, 0.25) is 0 Å². The Hall–Kier alpha value is -4.39. The van der Waals surface area contributed by atoms with Crippen LogP contribution in [0.5, 0.6) is 11.5 Å². The molecule has 3 aromatic carbocycles. The zero-order chi connectivity index (χ0) is 22.3. The molecule has 4 aromatic rings. The third-order valence-corrected chi connectivity index (χ3v) is 4.90. The van der Waals surface area contributed by atoms with Crippen molar-refractivity contribution in [3.8, 4) is 33.9 Å². The Labute approximate surface area is 185 Å². The summed E-state index contributed by atoms with van der Waals surface area (Å²) in [6.07, 6.45) is 1.53. The Balaban J connectivity index is 1.41. The zero-order valence-electron chi connectivity index (χ0n) is 17.7. The lowest BCUT2D eigenvalue weighted by Crippen LogP contribution is -2.18. The highest BCUT2D eigenvalue weighted by Crippen LogP contribution is 2.27. The molecule has 0 saturated heterocycles. The Morgan fingerprint density at radius 2 is 1.56 bits per heavy atom. The van der Waals surface area contributed by atoms with Gasteiger partial charge in [0.25, 0.3) is 5.91 Å². The van der Waals surface area contributed by atoms with Crippen LogP contribution < -0.4 is 14.9 Å². The summed E-state index contributed by atoms with van der Waals surface area (Å²) < 4.78 is 10.5. The summed E-state index contributed by atoms with van der Waals surface area (Å²) in [7, 11) is 3.13. The summed E-state index contributed by atoms with van der Waals surface area (Å²) in [6.45, 7) is 0. The summed E-state index contributed by atoms with van der Waals surface area (Å²) in [6, 6.07) is 25.2. The third-order valence-electron chi connectivity index (χ3n) is 4.90. The minimum atomic E-state index is -0.388. The molecule has 0 aliphatic rings. The smallest absolute Gasteiger partial charge is 0.289 e. The van der Waals surface area contributed by atoms with Crippen molar-refractivity contribution in [1.82, 2.24) is 15.6 Å². The van der Waals surface area contributed by atoms with Crippen LogP contribution in [0.1, 0.15) is 16.1 Å². The van der Waals surface area contributed by atoms with Gasteiger partial charge >= 0.3 is 0 Å². The number of amides is 1. The van der Waals surface area contributed by atoms with Crippen LogP contribution >= 0.6 is 0 Å². The summed E-state index contributed by atoms with van der Waals surface area (Å²) >= 11 is 0. The van der Waals surface area contributed by atoms with Crippen molar-refractivity contribution in [1.29, 1.82) is 0 Å². The lowest BCUT2D eigenvalue weighted by Gasteiger charge is -2.07. The summed E-state index contributed by atoms with van der Waals surface area (Å²) in [5.74, 6) is 0.816. The fourth-order valence-electron chi connectivity index (χ4n) is 3.21. The Kier molecular flexibility index (Phi) is 6.27. The molecule has 0 radical (unpaired) electrons. The highest BCUT2D eigenvalue weighted by atomic mass is 16.5. The van der Waals surface area contributed by atoms with Gasteiger partial charge in [-0.1, -0.05) is 54.6 Å². The Bertz CT molecular complexity index is 1230. The molecule has 2 N–H and O–H groups in total. The number of carbonyl (C=O) groups is 1. The molecule has 0 unspecified atom stereocenters. The van der Waals surface area contributed by atoms with Crippen LogP contribution in [-0.2, 0) is 0 Å². The molecule has 4 rings (SSSR count). The van der Waals surface area contributed by atoms with Gasteiger partial charge in [-0.2, -0.15) is 10.2 Å². The molecular weight excluding hydrogens is 404 g/mol. The second-order valence-corrected chi connectivity index (χ2v) is 6.92. The molecule has 0 atom stereocenters. The predicted molar refractivity (Wildman–Crippen MR) is 124 cm³/mol. The predicted octanol–water partition coefficient (Wildman–Crippen LogP) is 4.52. The van der Waals surface area contributed by atoms with Gasteiger partial charge in [0.15, 0.2) is 11.5 Å². The number of hydrogen-bond acceptors (Lipinski definition) is 5. The van der Waals surface area contributed by atoms with Gasteiger partial charge in [0.1, 0.15) is 5.69 Å². The molecule has 0 saturated carbocycles. The van der Waals surface area contributed by atoms with E-state index in [0.717, 1.165) is 22.3 Å². The summed E-state index contributed by atoms with van der Waals surface area (Å²) in [5, 5.41) is 11.0. The topological polar surface area (TPSA) is 88.6 Å². The number of carbonyl (C=O) groups excluding carboxylic acids is 1. The van der Waals surface area contributed by atoms with Gasteiger partial charge in [-0.25, -0.2) is 5.43 Å². The lowest BCUT2D eigenvalue weighted by atomic mass is 10.0. The first-order valence-electron chi connectivity index (χ1n) is 9.94. The molecule has 32 heavy (non-hydrogen) atoms. The third kappa shape index (κ3) is 4.67. The first kappa shape index (κ1) is 20.9. The molecule has 160 valence electrons. The van der Waals surface area contributed by atoms with E-state index < -0.39 is 0 Å². The number of aromatic nitrogens is 2. The average Bonchev–Trinajstić information content (AvgIpc) is 3.35. The van der Waals surface area contributed by atoms with Crippen molar-refractivity contribution >= 4 is 12.1 Å². The molecule has 0 spiro atoms. The van der Waals surface area contributed by atoms with Gasteiger partial charge < -0.3 is 9.47 Å². The first-order valence-corrected chi connectivity index (χ1v) is 9.94. The van der Waals surface area contributed by atoms with Crippen molar-refractivity contribution in [2.45, 2.75) is 0 Å². The van der Waals surface area contributed by atoms with Gasteiger partial charge in [0.05, 0.1) is 26.1 Å². The number of ether oxygens (including phenoxy) is 2. The molecule has 1 amide bonds. The number of methoxy groups -OCH3 is 2. The second kappa shape index (κ2) is 9.61. The summed E-state index contributed by atoms with van der Waals surface area (Å²) in [4.78, 5) is 12.4. The highest BCUT2D eigenvalue weighted by molar-refractivity contribution is 5.94. The molecule has 1 heterocycles. The number of hydrazone groups is 1.